The molecule has 0 saturated heterocycles. The molecule has 0 bridgehead atoms. The molecule has 0 spiro atoms. The van der Waals surface area contributed by atoms with E-state index in [1.165, 1.54) is 0 Å². The molecule has 0 radical (unpaired) electrons. The lowest BCUT2D eigenvalue weighted by molar-refractivity contribution is 0.00872. The Bertz CT molecular complexity index is 805. The van der Waals surface area contributed by atoms with Gasteiger partial charge in [-0.3, -0.25) is 4.55 Å². The van der Waals surface area contributed by atoms with Gasteiger partial charge in [-0.25, -0.2) is 0 Å². The third-order valence-electron chi connectivity index (χ3n) is 4.82. The Morgan fingerprint density at radius 2 is 1.89 bits per heavy atom. The van der Waals surface area contributed by atoms with E-state index in [4.69, 9.17) is 22.4 Å². The first-order valence-electron chi connectivity index (χ1n) is 8.97. The fraction of sp³-hybridized carbons (Fsp3) is 0.579. The summed E-state index contributed by atoms with van der Waals surface area (Å²) in [6, 6.07) is 0.267. The minimum atomic E-state index is -3.94. The van der Waals surface area contributed by atoms with Crippen LogP contribution in [-0.4, -0.2) is 42.4 Å². The summed E-state index contributed by atoms with van der Waals surface area (Å²) in [4.78, 5) is 8.83. The number of rotatable bonds is 6. The van der Waals surface area contributed by atoms with Crippen LogP contribution >= 0.6 is 0 Å². The van der Waals surface area contributed by atoms with Gasteiger partial charge >= 0.3 is 5.82 Å². The second-order valence-corrected chi connectivity index (χ2v) is 8.47. The van der Waals surface area contributed by atoms with E-state index >= 15 is 0 Å². The second-order valence-electron chi connectivity index (χ2n) is 6.90. The molecule has 1 aliphatic heterocycles. The zero-order valence-electron chi connectivity index (χ0n) is 15.7. The van der Waals surface area contributed by atoms with E-state index in [0.29, 0.717) is 12.2 Å². The maximum atomic E-state index is 10.8. The number of hydrogen-bond donors (Lipinski definition) is 1. The van der Waals surface area contributed by atoms with Gasteiger partial charge in [0.2, 0.25) is 0 Å². The maximum Gasteiger partial charge on any atom is 0.526 e. The molecule has 1 saturated carbocycles. The first kappa shape index (κ1) is 21.2. The molecule has 2 unspecified atom stereocenters. The lowest BCUT2D eigenvalue weighted by Crippen LogP contribution is -2.39. The summed E-state index contributed by atoms with van der Waals surface area (Å²) in [7, 11) is -3.94. The highest BCUT2D eigenvalue weighted by Crippen LogP contribution is 2.34. The van der Waals surface area contributed by atoms with Crippen LogP contribution in [0.5, 0.6) is 0 Å². The lowest BCUT2D eigenvalue weighted by atomic mass is 9.90. The standard InChI is InChI=1S/C19H25N3O4S/c1-14-11-16(19(20-3)21-4)12-15(2)22(14)17-7-5-8-18(13-17)26-9-6-10-27(23,24)25/h11-12,17-18H,5-10,13H2,1-2H3,(H,23,24,25). The highest BCUT2D eigenvalue weighted by molar-refractivity contribution is 7.85. The Balaban J connectivity index is 2.01. The molecule has 1 heterocycles. The predicted octanol–water partition coefficient (Wildman–Crippen LogP) is 3.77. The molecule has 1 aliphatic carbocycles. The van der Waals surface area contributed by atoms with Gasteiger partial charge in [-0.2, -0.15) is 18.1 Å². The lowest BCUT2D eigenvalue weighted by Gasteiger charge is -2.41. The van der Waals surface area contributed by atoms with Gasteiger partial charge < -0.3 is 9.64 Å². The van der Waals surface area contributed by atoms with E-state index in [0.717, 1.165) is 37.1 Å². The molecular formula is C19H25N3O4S. The van der Waals surface area contributed by atoms with Gasteiger partial charge in [0.15, 0.2) is 0 Å². The summed E-state index contributed by atoms with van der Waals surface area (Å²) in [6.45, 7) is 18.5. The molecule has 2 rings (SSSR count). The molecule has 7 nitrogen and oxygen atoms in total. The topological polar surface area (TPSA) is 75.6 Å². The summed E-state index contributed by atoms with van der Waals surface area (Å²) in [6.07, 6.45) is 7.92. The minimum absolute atomic E-state index is 0.0599. The highest BCUT2D eigenvalue weighted by Gasteiger charge is 2.30. The highest BCUT2D eigenvalue weighted by atomic mass is 32.2. The van der Waals surface area contributed by atoms with Crippen LogP contribution in [0.4, 0.5) is 0 Å². The quantitative estimate of drug-likeness (QED) is 0.424. The van der Waals surface area contributed by atoms with Crippen LogP contribution in [0.15, 0.2) is 34.9 Å². The smallest absolute Gasteiger partial charge is 0.378 e. The number of allylic oxidation sites excluding steroid dienone is 5. The molecule has 0 aromatic heterocycles. The average molecular weight is 391 g/mol. The van der Waals surface area contributed by atoms with Crippen molar-refractivity contribution in [2.75, 3.05) is 12.4 Å². The molecule has 1 fully saturated rings. The SMILES string of the molecule is [C-]#[N+]C([N+]#[C-])=C1C=C(C)N(C2CCCC(OCCCS(=O)(=O)O)C2)C(C)=C1. The molecule has 0 aromatic rings. The average Bonchev–Trinajstić information content (AvgIpc) is 2.59. The molecule has 1 N–H and O–H groups in total. The van der Waals surface area contributed by atoms with E-state index in [1.54, 1.807) is 0 Å². The van der Waals surface area contributed by atoms with Crippen LogP contribution in [-0.2, 0) is 14.9 Å². The van der Waals surface area contributed by atoms with Crippen molar-refractivity contribution in [2.24, 2.45) is 0 Å². The molecule has 146 valence electrons. The van der Waals surface area contributed by atoms with Gasteiger partial charge in [0, 0.05) is 24.0 Å². The van der Waals surface area contributed by atoms with E-state index in [2.05, 4.69) is 14.6 Å². The Morgan fingerprint density at radius 1 is 1.26 bits per heavy atom. The summed E-state index contributed by atoms with van der Waals surface area (Å²) >= 11 is 0. The third-order valence-corrected chi connectivity index (χ3v) is 5.63. The van der Waals surface area contributed by atoms with Crippen molar-refractivity contribution in [3.05, 3.63) is 57.8 Å². The Labute approximate surface area is 161 Å². The fourth-order valence-corrected chi connectivity index (χ4v) is 4.25. The molecule has 8 heteroatoms. The monoisotopic (exact) mass is 391 g/mol. The van der Waals surface area contributed by atoms with Crippen molar-refractivity contribution in [3.63, 3.8) is 0 Å². The van der Waals surface area contributed by atoms with E-state index in [1.807, 2.05) is 26.0 Å². The summed E-state index contributed by atoms with van der Waals surface area (Å²) < 4.78 is 36.2. The van der Waals surface area contributed by atoms with Crippen LogP contribution in [0.3, 0.4) is 0 Å². The summed E-state index contributed by atoms with van der Waals surface area (Å²) in [5.74, 6) is -0.199. The van der Waals surface area contributed by atoms with Crippen LogP contribution in [0.25, 0.3) is 9.69 Å². The number of hydrogen-bond acceptors (Lipinski definition) is 4. The molecular weight excluding hydrogens is 366 g/mol. The number of ether oxygens (including phenoxy) is 1. The molecule has 2 aliphatic rings. The van der Waals surface area contributed by atoms with Crippen LogP contribution < -0.4 is 0 Å². The van der Waals surface area contributed by atoms with Crippen LogP contribution in [0, 0.1) is 13.1 Å². The zero-order valence-corrected chi connectivity index (χ0v) is 16.5. The van der Waals surface area contributed by atoms with Gasteiger partial charge in [-0.15, -0.1) is 0 Å². The Kier molecular flexibility index (Phi) is 7.20. The van der Waals surface area contributed by atoms with Crippen LogP contribution in [0.2, 0.25) is 0 Å². The minimum Gasteiger partial charge on any atom is -0.378 e. The third kappa shape index (κ3) is 5.93. The zero-order chi connectivity index (χ0) is 20.0. The fourth-order valence-electron chi connectivity index (χ4n) is 3.77. The van der Waals surface area contributed by atoms with Crippen molar-refractivity contribution in [1.29, 1.82) is 0 Å². The van der Waals surface area contributed by atoms with E-state index < -0.39 is 10.1 Å². The Hall–Kier alpha value is -2.13. The molecule has 0 aromatic carbocycles. The first-order chi connectivity index (χ1) is 12.7. The molecule has 0 amide bonds. The van der Waals surface area contributed by atoms with Crippen molar-refractivity contribution < 1.29 is 17.7 Å². The first-order valence-corrected chi connectivity index (χ1v) is 10.6. The summed E-state index contributed by atoms with van der Waals surface area (Å²) in [5, 5.41) is 0. The number of nitrogens with zero attached hydrogens (tertiary/aromatic N) is 3. The second kappa shape index (κ2) is 9.18. The largest absolute Gasteiger partial charge is 0.526 e. The van der Waals surface area contributed by atoms with Gasteiger partial charge in [0.25, 0.3) is 10.1 Å². The van der Waals surface area contributed by atoms with E-state index in [9.17, 15) is 8.42 Å². The molecule has 27 heavy (non-hydrogen) atoms. The normalized spacial score (nSPS) is 23.1. The van der Waals surface area contributed by atoms with E-state index in [-0.39, 0.29) is 30.1 Å². The van der Waals surface area contributed by atoms with Crippen LogP contribution in [0.1, 0.15) is 46.0 Å². The van der Waals surface area contributed by atoms with Crippen molar-refractivity contribution >= 4 is 10.1 Å². The van der Waals surface area contributed by atoms with Crippen molar-refractivity contribution in [1.82, 2.24) is 4.90 Å². The van der Waals surface area contributed by atoms with Gasteiger partial charge in [-0.05, 0) is 58.1 Å². The summed E-state index contributed by atoms with van der Waals surface area (Å²) in [5.41, 5.74) is 2.67. The predicted molar refractivity (Wildman–Crippen MR) is 103 cm³/mol. The van der Waals surface area contributed by atoms with Gasteiger partial charge in [0.05, 0.1) is 17.4 Å². The van der Waals surface area contributed by atoms with Crippen molar-refractivity contribution in [3.8, 4) is 0 Å². The van der Waals surface area contributed by atoms with Gasteiger partial charge in [-0.1, -0.05) is 0 Å². The van der Waals surface area contributed by atoms with Gasteiger partial charge in [0.1, 0.15) is 13.1 Å². The Morgan fingerprint density at radius 3 is 2.44 bits per heavy atom. The molecule has 2 atom stereocenters. The maximum absolute atomic E-state index is 10.8. The van der Waals surface area contributed by atoms with Crippen molar-refractivity contribution in [2.45, 2.75) is 58.1 Å².